The first-order valence-corrected chi connectivity index (χ1v) is 9.85. The summed E-state index contributed by atoms with van der Waals surface area (Å²) >= 11 is 0. The van der Waals surface area contributed by atoms with E-state index < -0.39 is 10.0 Å². The van der Waals surface area contributed by atoms with Crippen LogP contribution in [0.3, 0.4) is 0 Å². The molecule has 0 aromatic heterocycles. The fourth-order valence-electron chi connectivity index (χ4n) is 2.95. The molecule has 1 aliphatic rings. The van der Waals surface area contributed by atoms with E-state index >= 15 is 0 Å². The van der Waals surface area contributed by atoms with Gasteiger partial charge in [0.15, 0.2) is 0 Å². The second-order valence-corrected chi connectivity index (χ2v) is 8.02. The molecule has 1 N–H and O–H groups in total. The molecule has 1 heterocycles. The van der Waals surface area contributed by atoms with E-state index in [1.165, 1.54) is 10.6 Å². The van der Waals surface area contributed by atoms with E-state index in [2.05, 4.69) is 5.32 Å². The molecule has 0 radical (unpaired) electrons. The van der Waals surface area contributed by atoms with E-state index in [9.17, 15) is 13.2 Å². The molecule has 0 saturated heterocycles. The zero-order chi connectivity index (χ0) is 18.0. The van der Waals surface area contributed by atoms with E-state index in [1.54, 1.807) is 18.2 Å². The minimum absolute atomic E-state index is 0.209. The number of nitrogens with one attached hydrogen (secondary N) is 1. The zero-order valence-electron chi connectivity index (χ0n) is 14.2. The molecule has 2 aromatic rings. The van der Waals surface area contributed by atoms with Crippen molar-refractivity contribution in [3.8, 4) is 0 Å². The van der Waals surface area contributed by atoms with Gasteiger partial charge >= 0.3 is 0 Å². The molecule has 1 aliphatic heterocycles. The largest absolute Gasteiger partial charge is 0.322 e. The van der Waals surface area contributed by atoms with Crippen molar-refractivity contribution in [2.24, 2.45) is 0 Å². The summed E-state index contributed by atoms with van der Waals surface area (Å²) in [4.78, 5) is 12.2. The minimum atomic E-state index is -3.26. The molecule has 130 valence electrons. The number of carbonyl (C=O) groups excluding carboxylic acids is 1. The quantitative estimate of drug-likeness (QED) is 0.856. The highest BCUT2D eigenvalue weighted by Gasteiger charge is 2.26. The molecule has 5 nitrogen and oxygen atoms in total. The number of sulfonamides is 1. The monoisotopic (exact) mass is 356 g/mol. The Bertz CT molecular complexity index is 934. The van der Waals surface area contributed by atoms with E-state index in [-0.39, 0.29) is 5.91 Å². The number of hydrogen-bond acceptors (Lipinski definition) is 3. The predicted octanol–water partition coefficient (Wildman–Crippen LogP) is 3.05. The Morgan fingerprint density at radius 2 is 1.88 bits per heavy atom. The van der Waals surface area contributed by atoms with Crippen molar-refractivity contribution in [3.05, 3.63) is 65.7 Å². The molecule has 0 atom stereocenters. The van der Waals surface area contributed by atoms with Crippen molar-refractivity contribution < 1.29 is 13.2 Å². The molecule has 0 fully saturated rings. The summed E-state index contributed by atoms with van der Waals surface area (Å²) in [5.74, 6) is -0.209. The average Bonchev–Trinajstić information content (AvgIpc) is 2.99. The van der Waals surface area contributed by atoms with Crippen LogP contribution in [0.5, 0.6) is 0 Å². The highest BCUT2D eigenvalue weighted by Crippen LogP contribution is 2.32. The van der Waals surface area contributed by atoms with Crippen LogP contribution in [0.4, 0.5) is 11.4 Å². The number of nitrogens with zero attached hydrogens (tertiary/aromatic N) is 1. The number of allylic oxidation sites excluding steroid dienone is 1. The van der Waals surface area contributed by atoms with Gasteiger partial charge in [-0.15, -0.1) is 0 Å². The van der Waals surface area contributed by atoms with Gasteiger partial charge < -0.3 is 5.32 Å². The van der Waals surface area contributed by atoms with Crippen LogP contribution in [0.15, 0.2) is 54.6 Å². The van der Waals surface area contributed by atoms with Crippen LogP contribution in [0.2, 0.25) is 0 Å². The number of hydrogen-bond donors (Lipinski definition) is 1. The van der Waals surface area contributed by atoms with Crippen molar-refractivity contribution in [3.63, 3.8) is 0 Å². The summed E-state index contributed by atoms with van der Waals surface area (Å²) in [7, 11) is -3.26. The fraction of sp³-hybridized carbons (Fsp3) is 0.211. The first-order chi connectivity index (χ1) is 11.8. The second kappa shape index (κ2) is 6.72. The number of benzene rings is 2. The molecule has 0 bridgehead atoms. The van der Waals surface area contributed by atoms with Gasteiger partial charge in [0, 0.05) is 18.3 Å². The molecular formula is C19H20N2O3S. The van der Waals surface area contributed by atoms with Gasteiger partial charge in [-0.2, -0.15) is 0 Å². The topological polar surface area (TPSA) is 66.5 Å². The molecule has 25 heavy (non-hydrogen) atoms. The molecule has 0 spiro atoms. The second-order valence-electron chi connectivity index (χ2n) is 6.11. The van der Waals surface area contributed by atoms with E-state index in [1.807, 2.05) is 43.3 Å². The summed E-state index contributed by atoms with van der Waals surface area (Å²) < 4.78 is 24.9. The number of rotatable bonds is 4. The lowest BCUT2D eigenvalue weighted by molar-refractivity contribution is -0.111. The minimum Gasteiger partial charge on any atom is -0.322 e. The lowest BCUT2D eigenvalue weighted by atomic mass is 10.1. The Kier molecular flexibility index (Phi) is 4.63. The highest BCUT2D eigenvalue weighted by atomic mass is 32.2. The molecular weight excluding hydrogens is 336 g/mol. The Morgan fingerprint density at radius 3 is 2.56 bits per heavy atom. The van der Waals surface area contributed by atoms with Gasteiger partial charge in [-0.3, -0.25) is 9.10 Å². The first kappa shape index (κ1) is 17.2. The third-order valence-electron chi connectivity index (χ3n) is 4.18. The lowest BCUT2D eigenvalue weighted by Gasteiger charge is -2.16. The zero-order valence-corrected chi connectivity index (χ0v) is 15.0. The maximum absolute atomic E-state index is 12.2. The summed E-state index contributed by atoms with van der Waals surface area (Å²) in [5.41, 5.74) is 4.15. The number of carbonyl (C=O) groups is 1. The fourth-order valence-corrected chi connectivity index (χ4v) is 3.91. The third-order valence-corrected chi connectivity index (χ3v) is 5.36. The van der Waals surface area contributed by atoms with Crippen LogP contribution in [-0.2, 0) is 21.2 Å². The van der Waals surface area contributed by atoms with Crippen molar-refractivity contribution in [1.82, 2.24) is 0 Å². The smallest absolute Gasteiger partial charge is 0.248 e. The van der Waals surface area contributed by atoms with E-state index in [4.69, 9.17) is 0 Å². The van der Waals surface area contributed by atoms with Crippen molar-refractivity contribution >= 4 is 32.9 Å². The summed E-state index contributed by atoms with van der Waals surface area (Å²) in [6, 6.07) is 15.0. The van der Waals surface area contributed by atoms with E-state index in [0.717, 1.165) is 16.7 Å². The Labute approximate surface area is 148 Å². The Morgan fingerprint density at radius 1 is 1.16 bits per heavy atom. The summed E-state index contributed by atoms with van der Waals surface area (Å²) in [5, 5.41) is 2.84. The van der Waals surface area contributed by atoms with Crippen LogP contribution < -0.4 is 9.62 Å². The van der Waals surface area contributed by atoms with Gasteiger partial charge in [-0.25, -0.2) is 8.42 Å². The molecule has 0 aliphatic carbocycles. The van der Waals surface area contributed by atoms with Crippen LogP contribution >= 0.6 is 0 Å². The number of amides is 1. The van der Waals surface area contributed by atoms with Crippen LogP contribution in [-0.4, -0.2) is 27.1 Å². The Balaban J connectivity index is 1.75. The molecule has 3 rings (SSSR count). The average molecular weight is 356 g/mol. The number of fused-ring (bicyclic) bond motifs is 1. The lowest BCUT2D eigenvalue weighted by Crippen LogP contribution is -2.27. The molecule has 2 aromatic carbocycles. The maximum Gasteiger partial charge on any atom is 0.248 e. The van der Waals surface area contributed by atoms with Crippen molar-refractivity contribution in [1.29, 1.82) is 0 Å². The normalized spacial score (nSPS) is 14.3. The van der Waals surface area contributed by atoms with Gasteiger partial charge in [0.1, 0.15) is 0 Å². The van der Waals surface area contributed by atoms with Crippen LogP contribution in [0, 0.1) is 0 Å². The van der Waals surface area contributed by atoms with Gasteiger partial charge in [0.2, 0.25) is 15.9 Å². The summed E-state index contributed by atoms with van der Waals surface area (Å²) in [6.45, 7) is 2.33. The molecule has 0 saturated carbocycles. The maximum atomic E-state index is 12.2. The van der Waals surface area contributed by atoms with Crippen molar-refractivity contribution in [2.75, 3.05) is 22.4 Å². The third kappa shape index (κ3) is 3.91. The van der Waals surface area contributed by atoms with Crippen molar-refractivity contribution in [2.45, 2.75) is 13.3 Å². The predicted molar refractivity (Wildman–Crippen MR) is 101 cm³/mol. The summed E-state index contributed by atoms with van der Waals surface area (Å²) in [6.07, 6.45) is 3.41. The highest BCUT2D eigenvalue weighted by molar-refractivity contribution is 7.92. The van der Waals surface area contributed by atoms with Crippen LogP contribution in [0.1, 0.15) is 18.1 Å². The van der Waals surface area contributed by atoms with Gasteiger partial charge in [0.25, 0.3) is 0 Å². The van der Waals surface area contributed by atoms with Gasteiger partial charge in [-0.1, -0.05) is 30.3 Å². The molecule has 1 amide bonds. The Hall–Kier alpha value is -2.60. The first-order valence-electron chi connectivity index (χ1n) is 8.00. The van der Waals surface area contributed by atoms with E-state index in [0.29, 0.717) is 24.3 Å². The SMILES string of the molecule is C/C(=C\C(=O)Nc1ccc2c(c1)CCN2S(C)(=O)=O)c1ccccc1. The number of anilines is 2. The molecule has 6 heteroatoms. The standard InChI is InChI=1S/C19H20N2O3S/c1-14(15-6-4-3-5-7-15)12-19(22)20-17-8-9-18-16(13-17)10-11-21(18)25(2,23)24/h3-9,12-13H,10-11H2,1-2H3,(H,20,22)/b14-12+. The van der Waals surface area contributed by atoms with Crippen LogP contribution in [0.25, 0.3) is 5.57 Å². The van der Waals surface area contributed by atoms with Gasteiger partial charge in [0.05, 0.1) is 11.9 Å². The molecule has 0 unspecified atom stereocenters. The van der Waals surface area contributed by atoms with Gasteiger partial charge in [-0.05, 0) is 48.2 Å².